The monoisotopic (exact) mass is 1500 g/mol. The number of aliphatic hydroxyl groups excluding tert-OH is 16. The highest BCUT2D eigenvalue weighted by molar-refractivity contribution is 5.70. The third kappa shape index (κ3) is 34.7. The van der Waals surface area contributed by atoms with Crippen molar-refractivity contribution in [2.75, 3.05) is 26.4 Å². The molecule has 0 aromatic rings. The highest BCUT2D eigenvalue weighted by Gasteiger charge is 2.50. The summed E-state index contributed by atoms with van der Waals surface area (Å²) in [6, 6.07) is 0. The van der Waals surface area contributed by atoms with Gasteiger partial charge in [0, 0.05) is 0 Å². The number of ether oxygens (including phenoxy) is 10. The molecule has 5 aliphatic heterocycles. The van der Waals surface area contributed by atoms with Crippen molar-refractivity contribution in [3.8, 4) is 0 Å². The van der Waals surface area contributed by atoms with Crippen molar-refractivity contribution in [1.29, 1.82) is 0 Å². The maximum absolute atomic E-state index is 13.6. The first-order valence-corrected chi connectivity index (χ1v) is 40.3. The normalized spacial score (nSPS) is 33.9. The van der Waals surface area contributed by atoms with Crippen molar-refractivity contribution in [1.82, 2.24) is 0 Å². The van der Waals surface area contributed by atoms with Crippen molar-refractivity contribution >= 4 is 11.9 Å². The molecule has 4 bridgehead atoms. The van der Waals surface area contributed by atoms with E-state index >= 15 is 0 Å². The summed E-state index contributed by atoms with van der Waals surface area (Å²) in [5.41, 5.74) is 0. The number of aliphatic hydroxyl groups is 16. The van der Waals surface area contributed by atoms with E-state index in [2.05, 4.69) is 0 Å². The molecule has 612 valence electrons. The molecule has 5 saturated heterocycles. The third-order valence-corrected chi connectivity index (χ3v) is 21.3. The molecule has 26 atom stereocenters. The largest absolute Gasteiger partial charge is 0.463 e. The Morgan fingerprint density at radius 3 is 0.856 bits per heavy atom. The third-order valence-electron chi connectivity index (χ3n) is 21.3. The van der Waals surface area contributed by atoms with Gasteiger partial charge >= 0.3 is 11.9 Å². The van der Waals surface area contributed by atoms with E-state index < -0.39 is 173 Å². The number of unbranched alkanes of at least 4 members (excludes halogenated alkanes) is 28. The van der Waals surface area contributed by atoms with Crippen LogP contribution in [0.3, 0.4) is 0 Å². The second-order valence-corrected chi connectivity index (χ2v) is 30.6. The van der Waals surface area contributed by atoms with E-state index in [0.29, 0.717) is 38.5 Å². The Hall–Kier alpha value is -2.02. The lowest BCUT2D eigenvalue weighted by molar-refractivity contribution is -0.316. The molecule has 0 aliphatic carbocycles. The Kier molecular flexibility index (Phi) is 47.2. The van der Waals surface area contributed by atoms with Crippen LogP contribution in [0.1, 0.15) is 284 Å². The van der Waals surface area contributed by atoms with Gasteiger partial charge in [-0.3, -0.25) is 9.59 Å². The Bertz CT molecular complexity index is 2170. The SMILES string of the molecule is C[C@@H](O)CCCCCCCCC[C@@H](CCCCCCCCCCCCC[C@H]1CC(=O)OC[C@@H]2O[C@H](O[C@H](CCCCCCCCCCC[C@H](CCCCCCC[C@@H](C)O)O[C@H]3O[C@@H](CO)[C@H](O)[C@H](O)[C@H]3O)CC(=O)OC[C@H]3O[C@@H](O1)[C@H](O)[C@@H](O)[C@H]3O)[C@H](O)[C@@H](O)[C@H]2O)O[C@H]1O[C@H](CO)[C@H](O)[C@@H](O)[C@@H]1O. The average Bonchev–Trinajstić information content (AvgIpc) is 0.832. The number of carbonyl (C=O) groups excluding carboxylic acids is 2. The molecule has 5 aliphatic rings. The van der Waals surface area contributed by atoms with Gasteiger partial charge in [0.25, 0.3) is 0 Å². The van der Waals surface area contributed by atoms with Gasteiger partial charge in [0.15, 0.2) is 25.2 Å². The summed E-state index contributed by atoms with van der Waals surface area (Å²) < 4.78 is 59.2. The average molecular weight is 1500 g/mol. The van der Waals surface area contributed by atoms with Gasteiger partial charge < -0.3 is 129 Å². The Labute approximate surface area is 617 Å². The van der Waals surface area contributed by atoms with Gasteiger partial charge in [-0.1, -0.05) is 205 Å². The molecule has 5 heterocycles. The van der Waals surface area contributed by atoms with Crippen LogP contribution in [0.2, 0.25) is 0 Å². The van der Waals surface area contributed by atoms with Crippen LogP contribution in [0.4, 0.5) is 0 Å². The standard InChI is InChI=1S/C76H140O28/c1-49(79)35-27-19-12-11-17-23-31-39-51(97-73-69(91)65(87)61(83)55(45-77)101-73)37-29-21-13-7-4-3-5-8-15-24-33-41-53-43-59(81)95-47-58-64(86)68(90)72(94)76(104-58)100-54(44-60(82)96-48-57-63(85)67(89)71(93)75(99-53)103-57)42-34-25-16-10-6-9-14-22-30-38-52(40-32-26-18-20-28-36-50(2)80)98-74-70(92)66(88)62(84)56(46-78)102-74/h49-58,61-80,83-94H,3-48H2,1-2H3/t49-,50-,51-,52-,53+,54-,55-,56+,57-,58+,61+,62+,63+,64+,65-,66+,67+,68+,69+,70-,71-,72-,73+,74+,75-,76+/m1/s1. The molecule has 5 fully saturated rings. The van der Waals surface area contributed by atoms with E-state index in [-0.39, 0.29) is 37.3 Å². The number of carbonyl (C=O) groups is 2. The summed E-state index contributed by atoms with van der Waals surface area (Å²) in [6.07, 6.45) is 2.38. The van der Waals surface area contributed by atoms with Crippen LogP contribution < -0.4 is 0 Å². The van der Waals surface area contributed by atoms with Crippen LogP contribution in [0, 0.1) is 0 Å². The van der Waals surface area contributed by atoms with Crippen molar-refractivity contribution in [2.24, 2.45) is 0 Å². The topological polar surface area (TPSA) is 450 Å². The summed E-state index contributed by atoms with van der Waals surface area (Å²) in [7, 11) is 0. The van der Waals surface area contributed by atoms with E-state index in [9.17, 15) is 91.3 Å². The molecule has 0 saturated carbocycles. The molecule has 104 heavy (non-hydrogen) atoms. The minimum atomic E-state index is -1.77. The smallest absolute Gasteiger partial charge is 0.308 e. The van der Waals surface area contributed by atoms with Gasteiger partial charge in [-0.05, 0) is 65.2 Å². The first-order valence-electron chi connectivity index (χ1n) is 40.3. The lowest BCUT2D eigenvalue weighted by atomic mass is 9.98. The molecular formula is C76H140O28. The number of rotatable bonds is 50. The van der Waals surface area contributed by atoms with E-state index in [4.69, 9.17) is 47.4 Å². The number of hydrogen-bond donors (Lipinski definition) is 16. The fraction of sp³-hybridized carbons (Fsp3) is 0.974. The minimum Gasteiger partial charge on any atom is -0.463 e. The van der Waals surface area contributed by atoms with Crippen molar-refractivity contribution in [3.05, 3.63) is 0 Å². The molecule has 0 aromatic carbocycles. The molecule has 0 aromatic heterocycles. The molecule has 28 nitrogen and oxygen atoms in total. The number of cyclic esters (lactones) is 2. The Morgan fingerprint density at radius 1 is 0.317 bits per heavy atom. The molecule has 16 N–H and O–H groups in total. The lowest BCUT2D eigenvalue weighted by Gasteiger charge is -2.42. The number of esters is 2. The maximum atomic E-state index is 13.6. The summed E-state index contributed by atoms with van der Waals surface area (Å²) in [4.78, 5) is 27.2. The summed E-state index contributed by atoms with van der Waals surface area (Å²) in [5, 5.41) is 167. The van der Waals surface area contributed by atoms with Crippen LogP contribution in [-0.4, -0.2) is 280 Å². The zero-order chi connectivity index (χ0) is 75.8. The summed E-state index contributed by atoms with van der Waals surface area (Å²) >= 11 is 0. The second kappa shape index (κ2) is 53.0. The Balaban J connectivity index is 1.02. The highest BCUT2D eigenvalue weighted by Crippen LogP contribution is 2.33. The minimum absolute atomic E-state index is 0.229. The lowest BCUT2D eigenvalue weighted by Crippen LogP contribution is -2.60. The number of fused-ring (bicyclic) bond motifs is 4. The van der Waals surface area contributed by atoms with Gasteiger partial charge in [0.05, 0.1) is 62.7 Å². The fourth-order valence-corrected chi connectivity index (χ4v) is 14.6. The van der Waals surface area contributed by atoms with Crippen molar-refractivity contribution in [2.45, 2.75) is 443 Å². The molecule has 5 rings (SSSR count). The van der Waals surface area contributed by atoms with Gasteiger partial charge in [0.2, 0.25) is 0 Å². The first-order chi connectivity index (χ1) is 50.0. The van der Waals surface area contributed by atoms with Crippen LogP contribution in [0.25, 0.3) is 0 Å². The first kappa shape index (κ1) is 92.6. The molecule has 0 radical (unpaired) electrons. The second-order valence-electron chi connectivity index (χ2n) is 30.6. The molecule has 0 amide bonds. The van der Waals surface area contributed by atoms with E-state index in [1.807, 2.05) is 6.92 Å². The van der Waals surface area contributed by atoms with Gasteiger partial charge in [-0.25, -0.2) is 0 Å². The van der Waals surface area contributed by atoms with Crippen LogP contribution in [0.15, 0.2) is 0 Å². The molecule has 0 spiro atoms. The fourth-order valence-electron chi connectivity index (χ4n) is 14.6. The number of hydrogen-bond acceptors (Lipinski definition) is 28. The van der Waals surface area contributed by atoms with Crippen LogP contribution in [0.5, 0.6) is 0 Å². The van der Waals surface area contributed by atoms with Crippen LogP contribution >= 0.6 is 0 Å². The van der Waals surface area contributed by atoms with Crippen LogP contribution in [-0.2, 0) is 57.0 Å². The van der Waals surface area contributed by atoms with E-state index in [1.165, 1.54) is 0 Å². The predicted molar refractivity (Wildman–Crippen MR) is 380 cm³/mol. The zero-order valence-electron chi connectivity index (χ0n) is 62.6. The highest BCUT2D eigenvalue weighted by atomic mass is 16.7. The molecular weight excluding hydrogens is 1360 g/mol. The Morgan fingerprint density at radius 2 is 0.577 bits per heavy atom. The van der Waals surface area contributed by atoms with E-state index in [0.717, 1.165) is 218 Å². The van der Waals surface area contributed by atoms with Gasteiger partial charge in [-0.2, -0.15) is 0 Å². The van der Waals surface area contributed by atoms with Crippen molar-refractivity contribution in [3.63, 3.8) is 0 Å². The summed E-state index contributed by atoms with van der Waals surface area (Å²) in [6.45, 7) is 1.43. The summed E-state index contributed by atoms with van der Waals surface area (Å²) in [5.74, 6) is -1.55. The predicted octanol–water partition coefficient (Wildman–Crippen LogP) is 4.99. The zero-order valence-corrected chi connectivity index (χ0v) is 62.6. The van der Waals surface area contributed by atoms with Crippen molar-refractivity contribution < 1.29 is 139 Å². The van der Waals surface area contributed by atoms with E-state index in [1.54, 1.807) is 6.92 Å². The maximum Gasteiger partial charge on any atom is 0.308 e. The molecule has 0 unspecified atom stereocenters. The quantitative estimate of drug-likeness (QED) is 0.0282. The van der Waals surface area contributed by atoms with Gasteiger partial charge in [-0.15, -0.1) is 0 Å². The van der Waals surface area contributed by atoms with Gasteiger partial charge in [0.1, 0.15) is 111 Å². The molecule has 28 heteroatoms.